The van der Waals surface area contributed by atoms with Gasteiger partial charge in [0.1, 0.15) is 19.0 Å². The number of halogens is 1. The fourth-order valence-corrected chi connectivity index (χ4v) is 3.06. The first-order chi connectivity index (χ1) is 13.5. The van der Waals surface area contributed by atoms with Gasteiger partial charge < -0.3 is 24.4 Å². The lowest BCUT2D eigenvalue weighted by Gasteiger charge is -2.23. The number of Topliss-reactive ketones (excluding diaryl/α,β-unsaturated/α-hetero) is 1. The minimum absolute atomic E-state index is 0.0321. The second-order valence-corrected chi connectivity index (χ2v) is 6.90. The second kappa shape index (κ2) is 9.06. The molecular weight excluding hydrogens is 380 g/mol. The molecule has 0 atom stereocenters. The Morgan fingerprint density at radius 2 is 1.86 bits per heavy atom. The molecule has 2 aromatic rings. The molecule has 0 amide bonds. The fourth-order valence-electron chi connectivity index (χ4n) is 2.97. The van der Waals surface area contributed by atoms with Gasteiger partial charge >= 0.3 is 0 Å². The zero-order chi connectivity index (χ0) is 20.1. The van der Waals surface area contributed by atoms with Crippen LogP contribution < -0.4 is 24.4 Å². The maximum Gasteiger partial charge on any atom is 0.163 e. The number of hydrogen-bond donors (Lipinski definition) is 1. The Balaban J connectivity index is 1.99. The largest absolute Gasteiger partial charge is 0.492 e. The molecule has 7 heteroatoms. The fraction of sp³-hybridized carbons (Fsp3) is 0.381. The normalized spacial score (nSPS) is 12.4. The van der Waals surface area contributed by atoms with Crippen LogP contribution in [0.5, 0.6) is 17.2 Å². The third-order valence-corrected chi connectivity index (χ3v) is 4.65. The van der Waals surface area contributed by atoms with E-state index in [1.807, 2.05) is 56.3 Å². The Bertz CT molecular complexity index is 855. The van der Waals surface area contributed by atoms with E-state index in [0.717, 1.165) is 28.4 Å². The SMILES string of the molecule is CCOc1cc(N(C)C)ccc1Nc1cc2c(cc1CC(=O)CCl)OCCO2. The van der Waals surface area contributed by atoms with E-state index in [-0.39, 0.29) is 18.1 Å². The average Bonchev–Trinajstić information content (AvgIpc) is 2.69. The van der Waals surface area contributed by atoms with E-state index in [4.69, 9.17) is 25.8 Å². The van der Waals surface area contributed by atoms with E-state index in [1.54, 1.807) is 0 Å². The smallest absolute Gasteiger partial charge is 0.163 e. The molecule has 0 unspecified atom stereocenters. The lowest BCUT2D eigenvalue weighted by Crippen LogP contribution is -2.16. The third-order valence-electron chi connectivity index (χ3n) is 4.36. The van der Waals surface area contributed by atoms with Crippen LogP contribution in [0.3, 0.4) is 0 Å². The van der Waals surface area contributed by atoms with Crippen LogP contribution >= 0.6 is 11.6 Å². The van der Waals surface area contributed by atoms with Gasteiger partial charge in [-0.2, -0.15) is 0 Å². The lowest BCUT2D eigenvalue weighted by molar-refractivity contribution is -0.116. The first-order valence-electron chi connectivity index (χ1n) is 9.23. The Hall–Kier alpha value is -2.60. The number of rotatable bonds is 8. The van der Waals surface area contributed by atoms with Crippen LogP contribution in [0.4, 0.5) is 17.1 Å². The number of fused-ring (bicyclic) bond motifs is 1. The maximum absolute atomic E-state index is 12.0. The van der Waals surface area contributed by atoms with Crippen molar-refractivity contribution in [3.63, 3.8) is 0 Å². The molecule has 3 rings (SSSR count). The van der Waals surface area contributed by atoms with Crippen molar-refractivity contribution in [2.24, 2.45) is 0 Å². The van der Waals surface area contributed by atoms with Gasteiger partial charge in [-0.15, -0.1) is 11.6 Å². The van der Waals surface area contributed by atoms with E-state index in [2.05, 4.69) is 5.32 Å². The van der Waals surface area contributed by atoms with Crippen molar-refractivity contribution in [1.29, 1.82) is 0 Å². The number of ketones is 1. The highest BCUT2D eigenvalue weighted by molar-refractivity contribution is 6.27. The van der Waals surface area contributed by atoms with Gasteiger partial charge in [0.25, 0.3) is 0 Å². The molecule has 28 heavy (non-hydrogen) atoms. The van der Waals surface area contributed by atoms with Gasteiger partial charge in [0.2, 0.25) is 0 Å². The Morgan fingerprint density at radius 1 is 1.14 bits per heavy atom. The van der Waals surface area contributed by atoms with Gasteiger partial charge in [0.05, 0.1) is 18.2 Å². The molecule has 1 aliphatic heterocycles. The molecule has 6 nitrogen and oxygen atoms in total. The summed E-state index contributed by atoms with van der Waals surface area (Å²) in [5, 5.41) is 3.40. The van der Waals surface area contributed by atoms with Crippen LogP contribution in [0.1, 0.15) is 12.5 Å². The summed E-state index contributed by atoms with van der Waals surface area (Å²) >= 11 is 5.72. The van der Waals surface area contributed by atoms with Crippen molar-refractivity contribution >= 4 is 34.4 Å². The number of hydrogen-bond acceptors (Lipinski definition) is 6. The first kappa shape index (κ1) is 20.1. The predicted octanol–water partition coefficient (Wildman–Crippen LogP) is 4.02. The van der Waals surface area contributed by atoms with Crippen LogP contribution in [0.15, 0.2) is 30.3 Å². The van der Waals surface area contributed by atoms with Crippen molar-refractivity contribution in [1.82, 2.24) is 0 Å². The van der Waals surface area contributed by atoms with Gasteiger partial charge in [-0.1, -0.05) is 0 Å². The quantitative estimate of drug-likeness (QED) is 0.670. The molecule has 0 spiro atoms. The third kappa shape index (κ3) is 4.62. The highest BCUT2D eigenvalue weighted by Gasteiger charge is 2.18. The summed E-state index contributed by atoms with van der Waals surface area (Å²) in [6.45, 7) is 3.47. The van der Waals surface area contributed by atoms with Crippen molar-refractivity contribution in [3.05, 3.63) is 35.9 Å². The molecule has 0 bridgehead atoms. The zero-order valence-electron chi connectivity index (χ0n) is 16.4. The minimum Gasteiger partial charge on any atom is -0.492 e. The summed E-state index contributed by atoms with van der Waals surface area (Å²) < 4.78 is 17.2. The van der Waals surface area contributed by atoms with Gasteiger partial charge in [-0.25, -0.2) is 0 Å². The lowest BCUT2D eigenvalue weighted by atomic mass is 10.1. The van der Waals surface area contributed by atoms with Crippen LogP contribution in [-0.2, 0) is 11.2 Å². The molecule has 1 N–H and O–H groups in total. The predicted molar refractivity (Wildman–Crippen MR) is 112 cm³/mol. The van der Waals surface area contributed by atoms with Crippen molar-refractivity contribution < 1.29 is 19.0 Å². The zero-order valence-corrected chi connectivity index (χ0v) is 17.1. The number of alkyl halides is 1. The molecule has 0 fully saturated rings. The Kier molecular flexibility index (Phi) is 6.52. The van der Waals surface area contributed by atoms with E-state index in [1.165, 1.54) is 0 Å². The average molecular weight is 405 g/mol. The molecule has 2 aromatic carbocycles. The minimum atomic E-state index is -0.0608. The van der Waals surface area contributed by atoms with E-state index >= 15 is 0 Å². The topological polar surface area (TPSA) is 60.0 Å². The number of ether oxygens (including phenoxy) is 3. The molecule has 0 aliphatic carbocycles. The molecule has 0 saturated heterocycles. The summed E-state index contributed by atoms with van der Waals surface area (Å²) in [5.41, 5.74) is 3.41. The van der Waals surface area contributed by atoms with Crippen molar-refractivity contribution in [3.8, 4) is 17.2 Å². The summed E-state index contributed by atoms with van der Waals surface area (Å²) in [4.78, 5) is 14.0. The van der Waals surface area contributed by atoms with Gasteiger partial charge in [0.15, 0.2) is 17.3 Å². The molecule has 1 aliphatic rings. The van der Waals surface area contributed by atoms with E-state index in [9.17, 15) is 4.79 Å². The summed E-state index contributed by atoms with van der Waals surface area (Å²) in [6.07, 6.45) is 0.211. The van der Waals surface area contributed by atoms with E-state index < -0.39 is 0 Å². The van der Waals surface area contributed by atoms with E-state index in [0.29, 0.717) is 31.3 Å². The van der Waals surface area contributed by atoms with Gasteiger partial charge in [0, 0.05) is 44.0 Å². The van der Waals surface area contributed by atoms with Crippen LogP contribution in [0.25, 0.3) is 0 Å². The van der Waals surface area contributed by atoms with Crippen LogP contribution in [0.2, 0.25) is 0 Å². The van der Waals surface area contributed by atoms with Crippen molar-refractivity contribution in [2.45, 2.75) is 13.3 Å². The number of nitrogens with one attached hydrogen (secondary N) is 1. The summed E-state index contributed by atoms with van der Waals surface area (Å²) in [6, 6.07) is 9.65. The first-order valence-corrected chi connectivity index (χ1v) is 9.76. The summed E-state index contributed by atoms with van der Waals surface area (Å²) in [7, 11) is 3.96. The van der Waals surface area contributed by atoms with Crippen molar-refractivity contribution in [2.75, 3.05) is 50.0 Å². The van der Waals surface area contributed by atoms with Crippen LogP contribution in [-0.4, -0.2) is 45.6 Å². The van der Waals surface area contributed by atoms with Gasteiger partial charge in [-0.05, 0) is 30.7 Å². The number of benzene rings is 2. The Labute approximate surface area is 170 Å². The molecular formula is C21H25ClN2O4. The molecule has 150 valence electrons. The Morgan fingerprint density at radius 3 is 2.50 bits per heavy atom. The van der Waals surface area contributed by atoms with Gasteiger partial charge in [-0.3, -0.25) is 4.79 Å². The maximum atomic E-state index is 12.0. The summed E-state index contributed by atoms with van der Waals surface area (Å²) in [5.74, 6) is 1.93. The molecule has 0 saturated carbocycles. The highest BCUT2D eigenvalue weighted by Crippen LogP contribution is 2.39. The number of carbonyl (C=O) groups excluding carboxylic acids is 1. The number of nitrogens with zero attached hydrogens (tertiary/aromatic N) is 1. The highest BCUT2D eigenvalue weighted by atomic mass is 35.5. The molecule has 1 heterocycles. The molecule has 0 radical (unpaired) electrons. The molecule has 0 aromatic heterocycles. The second-order valence-electron chi connectivity index (χ2n) is 6.63. The van der Waals surface area contributed by atoms with Crippen LogP contribution in [0, 0.1) is 0 Å². The standard InChI is InChI=1S/C21H25ClN2O4/c1-4-26-19-11-15(24(2)3)5-6-17(19)23-18-12-21-20(27-7-8-28-21)10-14(18)9-16(25)13-22/h5-6,10-12,23H,4,7-9,13H2,1-3H3. The monoisotopic (exact) mass is 404 g/mol. The number of anilines is 3. The number of carbonyl (C=O) groups is 1.